The highest BCUT2D eigenvalue weighted by Crippen LogP contribution is 2.16. The van der Waals surface area contributed by atoms with Crippen molar-refractivity contribution in [2.45, 2.75) is 0 Å². The predicted molar refractivity (Wildman–Crippen MR) is 73.5 cm³/mol. The molecule has 1 N–H and O–H groups in total. The number of rotatable bonds is 2. The van der Waals surface area contributed by atoms with Gasteiger partial charge in [0.05, 0.1) is 0 Å². The molecule has 0 aliphatic carbocycles. The van der Waals surface area contributed by atoms with Crippen LogP contribution in [0.15, 0.2) is 53.0 Å². The van der Waals surface area contributed by atoms with E-state index in [2.05, 4.69) is 21.2 Å². The van der Waals surface area contributed by atoms with Gasteiger partial charge >= 0.3 is 0 Å². The van der Waals surface area contributed by atoms with Crippen LogP contribution in [0, 0.1) is 0 Å². The second-order valence-electron chi connectivity index (χ2n) is 3.47. The second kappa shape index (κ2) is 5.34. The van der Waals surface area contributed by atoms with Crippen molar-refractivity contribution >= 4 is 39.1 Å². The van der Waals surface area contributed by atoms with Crippen molar-refractivity contribution in [1.29, 1.82) is 0 Å². The molecule has 0 unspecified atom stereocenters. The maximum atomic E-state index is 11.9. The minimum absolute atomic E-state index is 0.153. The molecule has 0 fully saturated rings. The van der Waals surface area contributed by atoms with Gasteiger partial charge in [0.1, 0.15) is 0 Å². The van der Waals surface area contributed by atoms with Crippen molar-refractivity contribution in [3.63, 3.8) is 0 Å². The number of amides is 1. The Morgan fingerprint density at radius 3 is 2.47 bits per heavy atom. The summed E-state index contributed by atoms with van der Waals surface area (Å²) in [5, 5.41) is 3.38. The third-order valence-electron chi connectivity index (χ3n) is 2.19. The van der Waals surface area contributed by atoms with E-state index in [0.29, 0.717) is 16.3 Å². The molecular weight excluding hydrogens is 302 g/mol. The van der Waals surface area contributed by atoms with Crippen LogP contribution in [0.1, 0.15) is 10.4 Å². The minimum atomic E-state index is -0.153. The number of halogens is 2. The Labute approximate surface area is 113 Å². The fraction of sp³-hybridized carbons (Fsp3) is 0. The molecule has 0 saturated heterocycles. The van der Waals surface area contributed by atoms with Crippen LogP contribution in [0.3, 0.4) is 0 Å². The number of benzene rings is 2. The molecule has 0 bridgehead atoms. The molecule has 4 heteroatoms. The Balaban J connectivity index is 2.14. The monoisotopic (exact) mass is 309 g/mol. The molecular formula is C13H9BrClNO. The van der Waals surface area contributed by atoms with Gasteiger partial charge in [-0.25, -0.2) is 0 Å². The lowest BCUT2D eigenvalue weighted by Crippen LogP contribution is -2.11. The Morgan fingerprint density at radius 1 is 1.12 bits per heavy atom. The zero-order valence-corrected chi connectivity index (χ0v) is 11.1. The molecule has 2 rings (SSSR count). The van der Waals surface area contributed by atoms with Gasteiger partial charge in [0.15, 0.2) is 0 Å². The smallest absolute Gasteiger partial charge is 0.255 e. The second-order valence-corrected chi connectivity index (χ2v) is 4.82. The van der Waals surface area contributed by atoms with Gasteiger partial charge in [-0.05, 0) is 42.5 Å². The maximum Gasteiger partial charge on any atom is 0.255 e. The Hall–Kier alpha value is -1.32. The molecule has 0 aliphatic heterocycles. The first-order chi connectivity index (χ1) is 8.15. The Kier molecular flexibility index (Phi) is 3.82. The molecule has 2 aromatic carbocycles. The number of carbonyl (C=O) groups excluding carboxylic acids is 1. The van der Waals surface area contributed by atoms with Gasteiger partial charge in [-0.15, -0.1) is 0 Å². The highest BCUT2D eigenvalue weighted by molar-refractivity contribution is 9.10. The third kappa shape index (κ3) is 3.32. The molecule has 0 spiro atoms. The molecule has 17 heavy (non-hydrogen) atoms. The van der Waals surface area contributed by atoms with Gasteiger partial charge in [-0.2, -0.15) is 0 Å². The molecule has 0 heterocycles. The van der Waals surface area contributed by atoms with E-state index < -0.39 is 0 Å². The van der Waals surface area contributed by atoms with E-state index in [1.54, 1.807) is 36.4 Å². The molecule has 86 valence electrons. The predicted octanol–water partition coefficient (Wildman–Crippen LogP) is 4.35. The fourth-order valence-corrected chi connectivity index (χ4v) is 1.83. The lowest BCUT2D eigenvalue weighted by atomic mass is 10.2. The number of anilines is 1. The van der Waals surface area contributed by atoms with Crippen molar-refractivity contribution < 1.29 is 4.79 Å². The van der Waals surface area contributed by atoms with E-state index in [4.69, 9.17) is 11.6 Å². The standard InChI is InChI=1S/C13H9BrClNO/c14-10-6-4-9(5-7-10)13(17)16-12-3-1-2-11(15)8-12/h1-8H,(H,16,17). The van der Waals surface area contributed by atoms with E-state index in [0.717, 1.165) is 4.47 Å². The zero-order chi connectivity index (χ0) is 12.3. The van der Waals surface area contributed by atoms with Crippen molar-refractivity contribution in [2.75, 3.05) is 5.32 Å². The summed E-state index contributed by atoms with van der Waals surface area (Å²) in [7, 11) is 0. The van der Waals surface area contributed by atoms with E-state index in [1.807, 2.05) is 12.1 Å². The number of carbonyl (C=O) groups is 1. The molecule has 1 amide bonds. The van der Waals surface area contributed by atoms with Crippen LogP contribution in [-0.2, 0) is 0 Å². The van der Waals surface area contributed by atoms with Gasteiger partial charge in [-0.1, -0.05) is 33.6 Å². The van der Waals surface area contributed by atoms with Gasteiger partial charge in [0.25, 0.3) is 5.91 Å². The van der Waals surface area contributed by atoms with E-state index in [1.165, 1.54) is 0 Å². The van der Waals surface area contributed by atoms with Crippen LogP contribution in [0.5, 0.6) is 0 Å². The summed E-state index contributed by atoms with van der Waals surface area (Å²) in [6, 6.07) is 14.2. The molecule has 0 atom stereocenters. The number of hydrogen-bond acceptors (Lipinski definition) is 1. The highest BCUT2D eigenvalue weighted by Gasteiger charge is 2.05. The fourth-order valence-electron chi connectivity index (χ4n) is 1.37. The number of nitrogens with one attached hydrogen (secondary N) is 1. The average Bonchev–Trinajstić information content (AvgIpc) is 2.29. The van der Waals surface area contributed by atoms with Gasteiger partial charge in [-0.3, -0.25) is 4.79 Å². The summed E-state index contributed by atoms with van der Waals surface area (Å²) in [5.41, 5.74) is 1.29. The summed E-state index contributed by atoms with van der Waals surface area (Å²) in [6.07, 6.45) is 0. The molecule has 0 aliphatic rings. The summed E-state index contributed by atoms with van der Waals surface area (Å²) in [4.78, 5) is 11.9. The molecule has 2 nitrogen and oxygen atoms in total. The first-order valence-corrected chi connectivity index (χ1v) is 6.15. The van der Waals surface area contributed by atoms with Gasteiger partial charge in [0, 0.05) is 20.7 Å². The maximum absolute atomic E-state index is 11.9. The van der Waals surface area contributed by atoms with Crippen molar-refractivity contribution in [1.82, 2.24) is 0 Å². The Morgan fingerprint density at radius 2 is 1.82 bits per heavy atom. The van der Waals surface area contributed by atoms with E-state index >= 15 is 0 Å². The van der Waals surface area contributed by atoms with Crippen LogP contribution in [0.2, 0.25) is 5.02 Å². The summed E-state index contributed by atoms with van der Waals surface area (Å²) < 4.78 is 0.941. The lowest BCUT2D eigenvalue weighted by molar-refractivity contribution is 0.102. The zero-order valence-electron chi connectivity index (χ0n) is 8.78. The first-order valence-electron chi connectivity index (χ1n) is 4.97. The molecule has 2 aromatic rings. The Bertz CT molecular complexity index is 539. The van der Waals surface area contributed by atoms with Crippen LogP contribution in [0.25, 0.3) is 0 Å². The van der Waals surface area contributed by atoms with Crippen molar-refractivity contribution in [3.8, 4) is 0 Å². The van der Waals surface area contributed by atoms with Crippen LogP contribution < -0.4 is 5.32 Å². The summed E-state index contributed by atoms with van der Waals surface area (Å²) >= 11 is 9.16. The highest BCUT2D eigenvalue weighted by atomic mass is 79.9. The SMILES string of the molecule is O=C(Nc1cccc(Cl)c1)c1ccc(Br)cc1. The van der Waals surface area contributed by atoms with Crippen molar-refractivity contribution in [2.24, 2.45) is 0 Å². The number of hydrogen-bond donors (Lipinski definition) is 1. The molecule has 0 saturated carbocycles. The van der Waals surface area contributed by atoms with E-state index in [9.17, 15) is 4.79 Å². The van der Waals surface area contributed by atoms with Gasteiger partial charge in [0.2, 0.25) is 0 Å². The normalized spacial score (nSPS) is 10.0. The van der Waals surface area contributed by atoms with Crippen molar-refractivity contribution in [3.05, 3.63) is 63.6 Å². The van der Waals surface area contributed by atoms with Gasteiger partial charge < -0.3 is 5.32 Å². The van der Waals surface area contributed by atoms with Crippen LogP contribution >= 0.6 is 27.5 Å². The minimum Gasteiger partial charge on any atom is -0.322 e. The lowest BCUT2D eigenvalue weighted by Gasteiger charge is -2.05. The molecule has 0 aromatic heterocycles. The van der Waals surface area contributed by atoms with Crippen LogP contribution in [0.4, 0.5) is 5.69 Å². The summed E-state index contributed by atoms with van der Waals surface area (Å²) in [6.45, 7) is 0. The third-order valence-corrected chi connectivity index (χ3v) is 2.95. The largest absolute Gasteiger partial charge is 0.322 e. The molecule has 0 radical (unpaired) electrons. The van der Waals surface area contributed by atoms with Crippen LogP contribution in [-0.4, -0.2) is 5.91 Å². The summed E-state index contributed by atoms with van der Waals surface area (Å²) in [5.74, 6) is -0.153. The topological polar surface area (TPSA) is 29.1 Å². The first kappa shape index (κ1) is 12.1. The van der Waals surface area contributed by atoms with E-state index in [-0.39, 0.29) is 5.91 Å². The average molecular weight is 311 g/mol. The quantitative estimate of drug-likeness (QED) is 0.877.